The van der Waals surface area contributed by atoms with Gasteiger partial charge < -0.3 is 14.4 Å². The van der Waals surface area contributed by atoms with Gasteiger partial charge >= 0.3 is 0 Å². The molecule has 0 amide bonds. The number of aromatic nitrogens is 2. The Labute approximate surface area is 102 Å². The highest BCUT2D eigenvalue weighted by molar-refractivity contribution is 4.99. The summed E-state index contributed by atoms with van der Waals surface area (Å²) < 4.78 is 10.5. The molecule has 98 valence electrons. The maximum atomic E-state index is 9.62. The van der Waals surface area contributed by atoms with Gasteiger partial charge in [-0.1, -0.05) is 25.9 Å². The lowest BCUT2D eigenvalue weighted by atomic mass is 10.0. The van der Waals surface area contributed by atoms with Gasteiger partial charge in [-0.25, -0.2) is 0 Å². The van der Waals surface area contributed by atoms with E-state index in [1.807, 2.05) is 20.8 Å². The molecule has 0 aliphatic heterocycles. The largest absolute Gasteiger partial charge is 0.393 e. The Bertz CT molecular complexity index is 306. The Kier molecular flexibility index (Phi) is 5.08. The van der Waals surface area contributed by atoms with Crippen LogP contribution < -0.4 is 0 Å². The number of nitrogens with zero attached hydrogens (tertiary/aromatic N) is 2. The van der Waals surface area contributed by atoms with Crippen molar-refractivity contribution in [3.05, 3.63) is 11.7 Å². The summed E-state index contributed by atoms with van der Waals surface area (Å²) >= 11 is 0. The quantitative estimate of drug-likeness (QED) is 0.828. The average molecular weight is 242 g/mol. The first-order chi connectivity index (χ1) is 8.01. The summed E-state index contributed by atoms with van der Waals surface area (Å²) in [5.74, 6) is 1.20. The first-order valence-electron chi connectivity index (χ1n) is 6.05. The van der Waals surface area contributed by atoms with Crippen molar-refractivity contribution >= 4 is 0 Å². The zero-order valence-electron chi connectivity index (χ0n) is 11.2. The van der Waals surface area contributed by atoms with Crippen LogP contribution in [-0.4, -0.2) is 28.5 Å². The first-order valence-corrected chi connectivity index (χ1v) is 6.05. The molecule has 0 aromatic carbocycles. The minimum Gasteiger partial charge on any atom is -0.393 e. The van der Waals surface area contributed by atoms with Crippen molar-refractivity contribution in [2.75, 3.05) is 7.11 Å². The fourth-order valence-corrected chi connectivity index (χ4v) is 1.91. The van der Waals surface area contributed by atoms with Crippen LogP contribution >= 0.6 is 0 Å². The van der Waals surface area contributed by atoms with E-state index in [0.29, 0.717) is 11.7 Å². The maximum Gasteiger partial charge on any atom is 0.232 e. The molecule has 0 fully saturated rings. The highest BCUT2D eigenvalue weighted by Crippen LogP contribution is 2.26. The van der Waals surface area contributed by atoms with E-state index in [1.165, 1.54) is 0 Å². The van der Waals surface area contributed by atoms with Crippen LogP contribution in [0.25, 0.3) is 0 Å². The van der Waals surface area contributed by atoms with E-state index in [9.17, 15) is 5.11 Å². The molecule has 1 aromatic heterocycles. The van der Waals surface area contributed by atoms with E-state index in [-0.39, 0.29) is 17.9 Å². The summed E-state index contributed by atoms with van der Waals surface area (Å²) in [6.07, 6.45) is 0.103. The van der Waals surface area contributed by atoms with Gasteiger partial charge in [-0.3, -0.25) is 0 Å². The number of hydrogen-bond acceptors (Lipinski definition) is 5. The van der Waals surface area contributed by atoms with E-state index in [1.54, 1.807) is 14.0 Å². The average Bonchev–Trinajstić information content (AvgIpc) is 2.68. The van der Waals surface area contributed by atoms with Crippen molar-refractivity contribution in [2.45, 2.75) is 52.2 Å². The number of aliphatic hydroxyl groups is 1. The van der Waals surface area contributed by atoms with Crippen molar-refractivity contribution in [1.29, 1.82) is 0 Å². The van der Waals surface area contributed by atoms with Crippen LogP contribution in [-0.2, 0) is 4.74 Å². The van der Waals surface area contributed by atoms with E-state index in [0.717, 1.165) is 6.42 Å². The van der Waals surface area contributed by atoms with Crippen molar-refractivity contribution < 1.29 is 14.4 Å². The van der Waals surface area contributed by atoms with Gasteiger partial charge in [-0.15, -0.1) is 0 Å². The molecule has 0 saturated heterocycles. The van der Waals surface area contributed by atoms with Crippen molar-refractivity contribution in [1.82, 2.24) is 10.1 Å². The number of aliphatic hydroxyl groups excluding tert-OH is 1. The SMILES string of the molecule is CCC(c1nc(C(OC)C(C)C)no1)C(C)O. The molecule has 5 nitrogen and oxygen atoms in total. The molecule has 17 heavy (non-hydrogen) atoms. The van der Waals surface area contributed by atoms with Crippen molar-refractivity contribution in [2.24, 2.45) is 5.92 Å². The molecular weight excluding hydrogens is 220 g/mol. The third-order valence-corrected chi connectivity index (χ3v) is 2.91. The third kappa shape index (κ3) is 3.26. The smallest absolute Gasteiger partial charge is 0.232 e. The fraction of sp³-hybridized carbons (Fsp3) is 0.833. The molecule has 0 bridgehead atoms. The summed E-state index contributed by atoms with van der Waals surface area (Å²) in [7, 11) is 1.63. The Morgan fingerprint density at radius 3 is 2.41 bits per heavy atom. The van der Waals surface area contributed by atoms with Crippen LogP contribution in [0.2, 0.25) is 0 Å². The lowest BCUT2D eigenvalue weighted by Gasteiger charge is -2.15. The minimum absolute atomic E-state index is 0.110. The molecule has 0 saturated carbocycles. The second kappa shape index (κ2) is 6.12. The van der Waals surface area contributed by atoms with Crippen LogP contribution in [0, 0.1) is 5.92 Å². The summed E-state index contributed by atoms with van der Waals surface area (Å²) in [6, 6.07) is 0. The molecular formula is C12H22N2O3. The van der Waals surface area contributed by atoms with Gasteiger partial charge in [0.2, 0.25) is 11.7 Å². The third-order valence-electron chi connectivity index (χ3n) is 2.91. The lowest BCUT2D eigenvalue weighted by Crippen LogP contribution is -2.15. The molecule has 3 unspecified atom stereocenters. The highest BCUT2D eigenvalue weighted by Gasteiger charge is 2.26. The highest BCUT2D eigenvalue weighted by atomic mass is 16.5. The van der Waals surface area contributed by atoms with E-state index >= 15 is 0 Å². The molecule has 3 atom stereocenters. The number of ether oxygens (including phenoxy) is 1. The molecule has 0 radical (unpaired) electrons. The minimum atomic E-state index is -0.492. The topological polar surface area (TPSA) is 68.4 Å². The van der Waals surface area contributed by atoms with E-state index in [2.05, 4.69) is 10.1 Å². The Morgan fingerprint density at radius 2 is 2.00 bits per heavy atom. The fourth-order valence-electron chi connectivity index (χ4n) is 1.91. The van der Waals surface area contributed by atoms with Gasteiger partial charge in [0, 0.05) is 7.11 Å². The van der Waals surface area contributed by atoms with Crippen molar-refractivity contribution in [3.63, 3.8) is 0 Å². The Hall–Kier alpha value is -0.940. The van der Waals surface area contributed by atoms with Crippen molar-refractivity contribution in [3.8, 4) is 0 Å². The molecule has 1 aromatic rings. The van der Waals surface area contributed by atoms with Crippen LogP contribution in [0.3, 0.4) is 0 Å². The number of methoxy groups -OCH3 is 1. The Balaban J connectivity index is 2.90. The van der Waals surface area contributed by atoms with Gasteiger partial charge in [0.1, 0.15) is 6.10 Å². The predicted octanol–water partition coefficient (Wildman–Crippen LogP) is 2.29. The maximum absolute atomic E-state index is 9.62. The predicted molar refractivity (Wildman–Crippen MR) is 63.6 cm³/mol. The summed E-state index contributed by atoms with van der Waals surface area (Å²) in [6.45, 7) is 7.79. The van der Waals surface area contributed by atoms with Gasteiger partial charge in [0.15, 0.2) is 0 Å². The molecule has 5 heteroatoms. The van der Waals surface area contributed by atoms with Crippen LogP contribution in [0.4, 0.5) is 0 Å². The number of rotatable bonds is 6. The summed E-state index contributed by atoms with van der Waals surface area (Å²) in [5.41, 5.74) is 0. The first kappa shape index (κ1) is 14.1. The molecule has 0 aliphatic rings. The molecule has 1 rings (SSSR count). The molecule has 0 spiro atoms. The molecule has 1 heterocycles. The second-order valence-corrected chi connectivity index (χ2v) is 4.65. The van der Waals surface area contributed by atoms with E-state index < -0.39 is 6.10 Å². The standard InChI is InChI=1S/C12H22N2O3/c1-6-9(8(4)15)12-13-11(14-17-12)10(16-5)7(2)3/h7-10,15H,6H2,1-5H3. The van der Waals surface area contributed by atoms with Gasteiger partial charge in [0.25, 0.3) is 0 Å². The Morgan fingerprint density at radius 1 is 1.35 bits per heavy atom. The molecule has 0 aliphatic carbocycles. The zero-order chi connectivity index (χ0) is 13.0. The van der Waals surface area contributed by atoms with Crippen LogP contribution in [0.1, 0.15) is 57.9 Å². The van der Waals surface area contributed by atoms with Gasteiger partial charge in [0.05, 0.1) is 12.0 Å². The lowest BCUT2D eigenvalue weighted by molar-refractivity contribution is 0.0555. The van der Waals surface area contributed by atoms with Gasteiger partial charge in [-0.05, 0) is 19.3 Å². The van der Waals surface area contributed by atoms with Crippen LogP contribution in [0.15, 0.2) is 4.52 Å². The van der Waals surface area contributed by atoms with E-state index in [4.69, 9.17) is 9.26 Å². The number of hydrogen-bond donors (Lipinski definition) is 1. The summed E-state index contributed by atoms with van der Waals surface area (Å²) in [5, 5.41) is 13.6. The monoisotopic (exact) mass is 242 g/mol. The molecule has 1 N–H and O–H groups in total. The van der Waals surface area contributed by atoms with Gasteiger partial charge in [-0.2, -0.15) is 4.98 Å². The normalized spacial score (nSPS) is 17.1. The summed E-state index contributed by atoms with van der Waals surface area (Å²) in [4.78, 5) is 4.33. The van der Waals surface area contributed by atoms with Crippen LogP contribution in [0.5, 0.6) is 0 Å². The zero-order valence-corrected chi connectivity index (χ0v) is 11.2. The second-order valence-electron chi connectivity index (χ2n) is 4.65.